The van der Waals surface area contributed by atoms with Crippen molar-refractivity contribution in [3.05, 3.63) is 15.6 Å². The van der Waals surface area contributed by atoms with Crippen LogP contribution in [0.1, 0.15) is 15.6 Å². The second-order valence-corrected chi connectivity index (χ2v) is 3.31. The highest BCUT2D eigenvalue weighted by Crippen LogP contribution is 2.17. The lowest BCUT2D eigenvalue weighted by atomic mass is 10.3. The Kier molecular flexibility index (Phi) is 2.73. The minimum Gasteiger partial charge on any atom is -0.389 e. The van der Waals surface area contributed by atoms with Crippen molar-refractivity contribution in [2.24, 2.45) is 0 Å². The molecule has 0 unspecified atom stereocenters. The van der Waals surface area contributed by atoms with E-state index in [0.29, 0.717) is 11.4 Å². The summed E-state index contributed by atoms with van der Waals surface area (Å²) in [5.41, 5.74) is 0.853. The van der Waals surface area contributed by atoms with Crippen molar-refractivity contribution >= 4 is 17.6 Å². The minimum absolute atomic E-state index is 0.0373. The SMILES string of the molecule is Cc1nc(CO)sc1CC=O. The molecule has 0 amide bonds. The molecular weight excluding hydrogens is 162 g/mol. The predicted octanol–water partition coefficient (Wildman–Crippen LogP) is 0.685. The smallest absolute Gasteiger partial charge is 0.125 e. The molecule has 60 valence electrons. The topological polar surface area (TPSA) is 50.2 Å². The summed E-state index contributed by atoms with van der Waals surface area (Å²) >= 11 is 1.39. The van der Waals surface area contributed by atoms with E-state index in [0.717, 1.165) is 16.9 Å². The summed E-state index contributed by atoms with van der Waals surface area (Å²) < 4.78 is 0. The highest BCUT2D eigenvalue weighted by Gasteiger charge is 2.04. The van der Waals surface area contributed by atoms with Crippen LogP contribution in [0.15, 0.2) is 0 Å². The number of rotatable bonds is 3. The largest absolute Gasteiger partial charge is 0.389 e. The van der Waals surface area contributed by atoms with Crippen molar-refractivity contribution in [1.82, 2.24) is 4.98 Å². The van der Waals surface area contributed by atoms with Gasteiger partial charge < -0.3 is 9.90 Å². The van der Waals surface area contributed by atoms with Gasteiger partial charge in [0, 0.05) is 11.3 Å². The number of hydrogen-bond donors (Lipinski definition) is 1. The van der Waals surface area contributed by atoms with E-state index in [4.69, 9.17) is 5.11 Å². The third-order valence-electron chi connectivity index (χ3n) is 1.34. The number of aliphatic hydroxyl groups excluding tert-OH is 1. The zero-order valence-corrected chi connectivity index (χ0v) is 7.02. The molecule has 0 aliphatic carbocycles. The zero-order valence-electron chi connectivity index (χ0n) is 6.20. The van der Waals surface area contributed by atoms with Crippen molar-refractivity contribution in [1.29, 1.82) is 0 Å². The molecular formula is C7H9NO2S. The molecule has 1 N–H and O–H groups in total. The molecule has 1 aromatic heterocycles. The molecule has 11 heavy (non-hydrogen) atoms. The molecule has 3 nitrogen and oxygen atoms in total. The molecule has 1 rings (SSSR count). The van der Waals surface area contributed by atoms with Gasteiger partial charge in [0.25, 0.3) is 0 Å². The molecule has 1 heterocycles. The Balaban J connectivity index is 2.87. The number of carbonyl (C=O) groups excluding carboxylic acids is 1. The summed E-state index contributed by atoms with van der Waals surface area (Å²) in [6.45, 7) is 1.80. The molecule has 0 aliphatic heterocycles. The lowest BCUT2D eigenvalue weighted by molar-refractivity contribution is -0.107. The van der Waals surface area contributed by atoms with Gasteiger partial charge in [-0.1, -0.05) is 0 Å². The van der Waals surface area contributed by atoms with Gasteiger partial charge in [-0.25, -0.2) is 4.98 Å². The summed E-state index contributed by atoms with van der Waals surface area (Å²) in [5.74, 6) is 0. The highest BCUT2D eigenvalue weighted by atomic mass is 32.1. The first kappa shape index (κ1) is 8.36. The van der Waals surface area contributed by atoms with Crippen LogP contribution in [0, 0.1) is 6.92 Å². The van der Waals surface area contributed by atoms with Crippen molar-refractivity contribution in [2.45, 2.75) is 20.0 Å². The monoisotopic (exact) mass is 171 g/mol. The maximum absolute atomic E-state index is 10.1. The minimum atomic E-state index is -0.0373. The van der Waals surface area contributed by atoms with Gasteiger partial charge in [0.05, 0.1) is 12.3 Å². The van der Waals surface area contributed by atoms with Crippen LogP contribution < -0.4 is 0 Å². The quantitative estimate of drug-likeness (QED) is 0.680. The molecule has 0 radical (unpaired) electrons. The average Bonchev–Trinajstić information content (AvgIpc) is 2.33. The van der Waals surface area contributed by atoms with Crippen molar-refractivity contribution in [3.8, 4) is 0 Å². The summed E-state index contributed by atoms with van der Waals surface area (Å²) in [6, 6.07) is 0. The highest BCUT2D eigenvalue weighted by molar-refractivity contribution is 7.11. The molecule has 0 aromatic carbocycles. The number of aromatic nitrogens is 1. The van der Waals surface area contributed by atoms with Crippen molar-refractivity contribution in [2.75, 3.05) is 0 Å². The van der Waals surface area contributed by atoms with Crippen LogP contribution in [0.5, 0.6) is 0 Å². The van der Waals surface area contributed by atoms with Crippen LogP contribution in [-0.2, 0) is 17.8 Å². The fourth-order valence-electron chi connectivity index (χ4n) is 0.821. The molecule has 0 atom stereocenters. The van der Waals surface area contributed by atoms with E-state index in [-0.39, 0.29) is 6.61 Å². The number of aryl methyl sites for hydroxylation is 1. The van der Waals surface area contributed by atoms with Gasteiger partial charge >= 0.3 is 0 Å². The van der Waals surface area contributed by atoms with Crippen LogP contribution in [0.2, 0.25) is 0 Å². The maximum atomic E-state index is 10.1. The van der Waals surface area contributed by atoms with Crippen LogP contribution in [-0.4, -0.2) is 16.4 Å². The molecule has 0 fully saturated rings. The van der Waals surface area contributed by atoms with Gasteiger partial charge in [-0.05, 0) is 6.92 Å². The fraction of sp³-hybridized carbons (Fsp3) is 0.429. The summed E-state index contributed by atoms with van der Waals surface area (Å²) in [5, 5.41) is 9.38. The summed E-state index contributed by atoms with van der Waals surface area (Å²) in [6.07, 6.45) is 1.26. The molecule has 0 bridgehead atoms. The summed E-state index contributed by atoms with van der Waals surface area (Å²) in [7, 11) is 0. The van der Waals surface area contributed by atoms with E-state index in [2.05, 4.69) is 4.98 Å². The zero-order chi connectivity index (χ0) is 8.27. The lowest BCUT2D eigenvalue weighted by Gasteiger charge is -1.85. The van der Waals surface area contributed by atoms with Crippen LogP contribution >= 0.6 is 11.3 Å². The number of carbonyl (C=O) groups is 1. The molecule has 4 heteroatoms. The van der Waals surface area contributed by atoms with Crippen LogP contribution in [0.3, 0.4) is 0 Å². The fourth-order valence-corrected chi connectivity index (χ4v) is 1.70. The van der Waals surface area contributed by atoms with E-state index >= 15 is 0 Å². The Labute approximate surface area is 68.7 Å². The van der Waals surface area contributed by atoms with Crippen molar-refractivity contribution in [3.63, 3.8) is 0 Å². The number of nitrogens with zero attached hydrogens (tertiary/aromatic N) is 1. The second kappa shape index (κ2) is 3.59. The van der Waals surface area contributed by atoms with E-state index in [1.165, 1.54) is 11.3 Å². The standard InChI is InChI=1S/C7H9NO2S/c1-5-6(2-3-9)11-7(4-10)8-5/h3,10H,2,4H2,1H3. The van der Waals surface area contributed by atoms with Gasteiger partial charge in [0.2, 0.25) is 0 Å². The maximum Gasteiger partial charge on any atom is 0.125 e. The third kappa shape index (κ3) is 1.85. The Morgan fingerprint density at radius 2 is 2.45 bits per heavy atom. The number of aliphatic hydroxyl groups is 1. The van der Waals surface area contributed by atoms with E-state index < -0.39 is 0 Å². The van der Waals surface area contributed by atoms with Crippen molar-refractivity contribution < 1.29 is 9.90 Å². The first-order chi connectivity index (χ1) is 5.27. The van der Waals surface area contributed by atoms with Gasteiger partial charge in [-0.3, -0.25) is 0 Å². The Bertz CT molecular complexity index is 257. The normalized spacial score (nSPS) is 10.0. The number of aldehydes is 1. The van der Waals surface area contributed by atoms with Gasteiger partial charge in [-0.2, -0.15) is 0 Å². The second-order valence-electron chi connectivity index (χ2n) is 2.15. The van der Waals surface area contributed by atoms with E-state index in [9.17, 15) is 4.79 Å². The summed E-state index contributed by atoms with van der Waals surface area (Å²) in [4.78, 5) is 15.1. The Morgan fingerprint density at radius 1 is 1.73 bits per heavy atom. The van der Waals surface area contributed by atoms with Crippen LogP contribution in [0.25, 0.3) is 0 Å². The molecule has 1 aromatic rings. The molecule has 0 saturated heterocycles. The van der Waals surface area contributed by atoms with Crippen LogP contribution in [0.4, 0.5) is 0 Å². The molecule has 0 spiro atoms. The number of thiazole rings is 1. The van der Waals surface area contributed by atoms with E-state index in [1.54, 1.807) is 0 Å². The first-order valence-corrected chi connectivity index (χ1v) is 4.09. The Hall–Kier alpha value is -0.740. The third-order valence-corrected chi connectivity index (χ3v) is 2.51. The van der Waals surface area contributed by atoms with Gasteiger partial charge in [0.1, 0.15) is 11.3 Å². The molecule has 0 aliphatic rings. The predicted molar refractivity (Wildman–Crippen MR) is 42.5 cm³/mol. The average molecular weight is 171 g/mol. The lowest BCUT2D eigenvalue weighted by Crippen LogP contribution is -1.84. The molecule has 0 saturated carbocycles. The van der Waals surface area contributed by atoms with Gasteiger partial charge in [0.15, 0.2) is 0 Å². The first-order valence-electron chi connectivity index (χ1n) is 3.27. The number of hydrogen-bond acceptors (Lipinski definition) is 4. The van der Waals surface area contributed by atoms with Gasteiger partial charge in [-0.15, -0.1) is 11.3 Å². The van der Waals surface area contributed by atoms with E-state index in [1.807, 2.05) is 6.92 Å². The Morgan fingerprint density at radius 3 is 2.91 bits per heavy atom.